The van der Waals surface area contributed by atoms with Crippen molar-refractivity contribution in [3.8, 4) is 0 Å². The third kappa shape index (κ3) is 2.77. The second-order valence-corrected chi connectivity index (χ2v) is 4.45. The number of piperidine rings is 1. The molecule has 0 spiro atoms. The SMILES string of the molecule is [C-]#[N+]CC(=C)N1CCC(C(C)C)CC1. The molecule has 0 aromatic carbocycles. The van der Waals surface area contributed by atoms with E-state index in [0.29, 0.717) is 6.54 Å². The smallest absolute Gasteiger partial charge is 0.253 e. The molecule has 1 heterocycles. The van der Waals surface area contributed by atoms with Crippen LogP contribution in [-0.2, 0) is 0 Å². The van der Waals surface area contributed by atoms with Gasteiger partial charge in [0.25, 0.3) is 6.54 Å². The minimum atomic E-state index is 0.465. The lowest BCUT2D eigenvalue weighted by molar-refractivity contribution is 0.191. The first-order chi connectivity index (χ1) is 6.65. The molecule has 0 N–H and O–H groups in total. The van der Waals surface area contributed by atoms with E-state index in [1.807, 2.05) is 0 Å². The van der Waals surface area contributed by atoms with Crippen LogP contribution in [0.2, 0.25) is 0 Å². The Hall–Kier alpha value is -0.970. The van der Waals surface area contributed by atoms with Gasteiger partial charge in [-0.2, -0.15) is 0 Å². The standard InChI is InChI=1S/C12H20N2/c1-10(2)12-5-7-14(8-6-12)11(3)9-13-4/h10,12H,3,5-9H2,1-2H3. The predicted molar refractivity (Wildman–Crippen MR) is 59.7 cm³/mol. The monoisotopic (exact) mass is 192 g/mol. The first kappa shape index (κ1) is 11.1. The van der Waals surface area contributed by atoms with Gasteiger partial charge in [-0.05, 0) is 24.7 Å². The van der Waals surface area contributed by atoms with Gasteiger partial charge in [0.05, 0.1) is 5.70 Å². The Bertz CT molecular complexity index is 229. The van der Waals surface area contributed by atoms with E-state index in [-0.39, 0.29) is 0 Å². The maximum absolute atomic E-state index is 6.80. The van der Waals surface area contributed by atoms with Crippen LogP contribution in [0.4, 0.5) is 0 Å². The van der Waals surface area contributed by atoms with E-state index in [1.54, 1.807) is 0 Å². The van der Waals surface area contributed by atoms with Gasteiger partial charge in [-0.15, -0.1) is 0 Å². The lowest BCUT2D eigenvalue weighted by Gasteiger charge is -2.34. The average Bonchev–Trinajstić information content (AvgIpc) is 2.18. The molecule has 0 amide bonds. The fraction of sp³-hybridized carbons (Fsp3) is 0.750. The Kier molecular flexibility index (Phi) is 4.00. The van der Waals surface area contributed by atoms with Gasteiger partial charge in [-0.1, -0.05) is 20.4 Å². The van der Waals surface area contributed by atoms with Crippen molar-refractivity contribution >= 4 is 0 Å². The molecule has 2 heteroatoms. The van der Waals surface area contributed by atoms with Gasteiger partial charge in [-0.3, -0.25) is 0 Å². The maximum Gasteiger partial charge on any atom is 0.253 e. The number of hydrogen-bond donors (Lipinski definition) is 0. The van der Waals surface area contributed by atoms with Gasteiger partial charge in [0.15, 0.2) is 0 Å². The molecule has 0 atom stereocenters. The van der Waals surface area contributed by atoms with Gasteiger partial charge in [0, 0.05) is 13.1 Å². The first-order valence-electron chi connectivity index (χ1n) is 5.41. The second-order valence-electron chi connectivity index (χ2n) is 4.45. The minimum absolute atomic E-state index is 0.465. The number of nitrogens with zero attached hydrogens (tertiary/aromatic N) is 2. The fourth-order valence-corrected chi connectivity index (χ4v) is 2.07. The Balaban J connectivity index is 2.36. The zero-order valence-electron chi connectivity index (χ0n) is 9.29. The number of hydrogen-bond acceptors (Lipinski definition) is 1. The summed E-state index contributed by atoms with van der Waals surface area (Å²) in [5.74, 6) is 1.67. The molecule has 2 nitrogen and oxygen atoms in total. The Labute approximate surface area is 87.4 Å². The van der Waals surface area contributed by atoms with Gasteiger partial charge in [-0.25, -0.2) is 6.57 Å². The quantitative estimate of drug-likeness (QED) is 0.624. The molecule has 1 aliphatic heterocycles. The van der Waals surface area contributed by atoms with Crippen molar-refractivity contribution in [3.05, 3.63) is 23.7 Å². The molecule has 0 aliphatic carbocycles. The summed E-state index contributed by atoms with van der Waals surface area (Å²) in [6.07, 6.45) is 2.52. The Morgan fingerprint density at radius 1 is 1.50 bits per heavy atom. The second kappa shape index (κ2) is 5.05. The van der Waals surface area contributed by atoms with Crippen molar-refractivity contribution in [1.82, 2.24) is 4.90 Å². The third-order valence-electron chi connectivity index (χ3n) is 3.19. The molecule has 0 saturated carbocycles. The highest BCUT2D eigenvalue weighted by atomic mass is 15.1. The van der Waals surface area contributed by atoms with E-state index in [4.69, 9.17) is 6.57 Å². The topological polar surface area (TPSA) is 7.60 Å². The van der Waals surface area contributed by atoms with Gasteiger partial charge in [0.2, 0.25) is 0 Å². The van der Waals surface area contributed by atoms with E-state index >= 15 is 0 Å². The Morgan fingerprint density at radius 3 is 2.50 bits per heavy atom. The summed E-state index contributed by atoms with van der Waals surface area (Å²) >= 11 is 0. The van der Waals surface area contributed by atoms with Crippen LogP contribution in [-0.4, -0.2) is 24.5 Å². The molecule has 1 saturated heterocycles. The lowest BCUT2D eigenvalue weighted by atomic mass is 9.86. The van der Waals surface area contributed by atoms with Gasteiger partial charge >= 0.3 is 0 Å². The van der Waals surface area contributed by atoms with Crippen molar-refractivity contribution in [3.63, 3.8) is 0 Å². The van der Waals surface area contributed by atoms with Gasteiger partial charge < -0.3 is 9.74 Å². The average molecular weight is 192 g/mol. The van der Waals surface area contributed by atoms with Crippen LogP contribution < -0.4 is 0 Å². The van der Waals surface area contributed by atoms with Crippen molar-refractivity contribution < 1.29 is 0 Å². The van der Waals surface area contributed by atoms with E-state index in [2.05, 4.69) is 30.2 Å². The van der Waals surface area contributed by atoms with E-state index in [0.717, 1.165) is 30.6 Å². The molecule has 0 radical (unpaired) electrons. The lowest BCUT2D eigenvalue weighted by Crippen LogP contribution is -2.34. The number of likely N-dealkylation sites (tertiary alicyclic amines) is 1. The molecule has 1 aliphatic rings. The molecular formula is C12H20N2. The van der Waals surface area contributed by atoms with Crippen LogP contribution in [0.5, 0.6) is 0 Å². The molecule has 14 heavy (non-hydrogen) atoms. The van der Waals surface area contributed by atoms with Crippen molar-refractivity contribution in [1.29, 1.82) is 0 Å². The summed E-state index contributed by atoms with van der Waals surface area (Å²) in [5.41, 5.74) is 1.00. The van der Waals surface area contributed by atoms with Crippen molar-refractivity contribution in [2.24, 2.45) is 11.8 Å². The third-order valence-corrected chi connectivity index (χ3v) is 3.19. The Morgan fingerprint density at radius 2 is 2.07 bits per heavy atom. The largest absolute Gasteiger partial charge is 0.369 e. The zero-order valence-corrected chi connectivity index (χ0v) is 9.29. The van der Waals surface area contributed by atoms with Gasteiger partial charge in [0.1, 0.15) is 0 Å². The molecule has 78 valence electrons. The van der Waals surface area contributed by atoms with E-state index in [1.165, 1.54) is 12.8 Å². The first-order valence-corrected chi connectivity index (χ1v) is 5.41. The molecule has 1 fully saturated rings. The maximum atomic E-state index is 6.80. The van der Waals surface area contributed by atoms with Crippen LogP contribution in [0, 0.1) is 18.4 Å². The molecule has 0 aromatic heterocycles. The van der Waals surface area contributed by atoms with Crippen LogP contribution in [0.3, 0.4) is 0 Å². The summed E-state index contributed by atoms with van der Waals surface area (Å²) in [4.78, 5) is 5.65. The zero-order chi connectivity index (χ0) is 10.6. The van der Waals surface area contributed by atoms with Crippen LogP contribution >= 0.6 is 0 Å². The minimum Gasteiger partial charge on any atom is -0.369 e. The molecule has 0 aromatic rings. The molecule has 1 rings (SSSR count). The summed E-state index contributed by atoms with van der Waals surface area (Å²) in [6, 6.07) is 0. The highest BCUT2D eigenvalue weighted by Crippen LogP contribution is 2.25. The number of rotatable bonds is 3. The normalized spacial score (nSPS) is 18.3. The molecule has 0 bridgehead atoms. The van der Waals surface area contributed by atoms with Crippen molar-refractivity contribution in [2.45, 2.75) is 26.7 Å². The highest BCUT2D eigenvalue weighted by molar-refractivity contribution is 5.01. The summed E-state index contributed by atoms with van der Waals surface area (Å²) in [7, 11) is 0. The summed E-state index contributed by atoms with van der Waals surface area (Å²) in [6.45, 7) is 18.0. The van der Waals surface area contributed by atoms with E-state index < -0.39 is 0 Å². The molecular weight excluding hydrogens is 172 g/mol. The van der Waals surface area contributed by atoms with Crippen molar-refractivity contribution in [2.75, 3.05) is 19.6 Å². The van der Waals surface area contributed by atoms with Crippen LogP contribution in [0.15, 0.2) is 12.3 Å². The molecule has 0 unspecified atom stereocenters. The summed E-state index contributed by atoms with van der Waals surface area (Å²) in [5, 5.41) is 0. The van der Waals surface area contributed by atoms with Crippen LogP contribution in [0.25, 0.3) is 4.85 Å². The van der Waals surface area contributed by atoms with E-state index in [9.17, 15) is 0 Å². The summed E-state index contributed by atoms with van der Waals surface area (Å²) < 4.78 is 0. The predicted octanol–water partition coefficient (Wildman–Crippen LogP) is 2.79. The fourth-order valence-electron chi connectivity index (χ4n) is 2.07. The highest BCUT2D eigenvalue weighted by Gasteiger charge is 2.22. The van der Waals surface area contributed by atoms with Crippen LogP contribution in [0.1, 0.15) is 26.7 Å².